The average molecular weight is 285 g/mol. The first kappa shape index (κ1) is 16.8. The number of carbonyl (C=O) groups excluding carboxylic acids is 1. The Morgan fingerprint density at radius 3 is 2.60 bits per heavy atom. The van der Waals surface area contributed by atoms with Crippen molar-refractivity contribution in [3.8, 4) is 0 Å². The molecule has 1 fully saturated rings. The zero-order chi connectivity index (χ0) is 15.3. The van der Waals surface area contributed by atoms with E-state index in [-0.39, 0.29) is 23.8 Å². The molecule has 1 aliphatic rings. The van der Waals surface area contributed by atoms with Crippen LogP contribution < -0.4 is 5.32 Å². The summed E-state index contributed by atoms with van der Waals surface area (Å²) in [6.45, 7) is 6.94. The molecule has 1 heterocycles. The minimum Gasteiger partial charge on any atom is -0.481 e. The second-order valence-corrected chi connectivity index (χ2v) is 6.76. The van der Waals surface area contributed by atoms with Crippen LogP contribution in [-0.2, 0) is 4.79 Å². The highest BCUT2D eigenvalue weighted by Crippen LogP contribution is 2.20. The number of carboxylic acid groups (broad SMARTS) is 1. The van der Waals surface area contributed by atoms with Gasteiger partial charge >= 0.3 is 12.0 Å². The summed E-state index contributed by atoms with van der Waals surface area (Å²) in [5.41, 5.74) is 0.0132. The minimum atomic E-state index is -0.788. The number of rotatable bonds is 6. The fraction of sp³-hybridized carbons (Fsp3) is 0.857. The van der Waals surface area contributed by atoms with Crippen LogP contribution in [0.15, 0.2) is 0 Å². The summed E-state index contributed by atoms with van der Waals surface area (Å²) < 4.78 is 0. The summed E-state index contributed by atoms with van der Waals surface area (Å²) >= 11 is 0. The number of nitrogens with one attached hydrogen (secondary N) is 1. The zero-order valence-corrected chi connectivity index (χ0v) is 13.0. The van der Waals surface area contributed by atoms with Gasteiger partial charge in [-0.1, -0.05) is 13.8 Å². The number of nitrogens with zero attached hydrogens (tertiary/aromatic N) is 2. The first-order valence-corrected chi connectivity index (χ1v) is 7.09. The van der Waals surface area contributed by atoms with Crippen molar-refractivity contribution >= 4 is 12.0 Å². The van der Waals surface area contributed by atoms with Crippen molar-refractivity contribution < 1.29 is 14.7 Å². The van der Waals surface area contributed by atoms with Crippen molar-refractivity contribution in [1.82, 2.24) is 15.1 Å². The molecule has 0 saturated carbocycles. The van der Waals surface area contributed by atoms with Gasteiger partial charge in [-0.3, -0.25) is 4.79 Å². The van der Waals surface area contributed by atoms with Crippen LogP contribution in [-0.4, -0.2) is 67.2 Å². The third kappa shape index (κ3) is 5.77. The van der Waals surface area contributed by atoms with Gasteiger partial charge in [-0.05, 0) is 31.8 Å². The van der Waals surface area contributed by atoms with Crippen molar-refractivity contribution in [2.75, 3.05) is 40.3 Å². The van der Waals surface area contributed by atoms with Gasteiger partial charge in [-0.25, -0.2) is 4.79 Å². The Balaban J connectivity index is 2.35. The van der Waals surface area contributed by atoms with Gasteiger partial charge in [0.25, 0.3) is 0 Å². The first-order chi connectivity index (χ1) is 9.19. The van der Waals surface area contributed by atoms with Gasteiger partial charge < -0.3 is 20.2 Å². The lowest BCUT2D eigenvalue weighted by atomic mass is 9.93. The molecule has 1 unspecified atom stereocenters. The number of likely N-dealkylation sites (tertiary alicyclic amines) is 1. The van der Waals surface area contributed by atoms with Gasteiger partial charge in [-0.15, -0.1) is 0 Å². The molecule has 1 saturated heterocycles. The number of hydrogen-bond donors (Lipinski definition) is 2. The predicted molar refractivity (Wildman–Crippen MR) is 77.7 cm³/mol. The van der Waals surface area contributed by atoms with E-state index in [0.717, 1.165) is 13.0 Å². The monoisotopic (exact) mass is 285 g/mol. The van der Waals surface area contributed by atoms with Crippen LogP contribution in [0.5, 0.6) is 0 Å². The van der Waals surface area contributed by atoms with Crippen molar-refractivity contribution in [1.29, 1.82) is 0 Å². The molecule has 2 amide bonds. The SMILES string of the molecule is CN(C)CC(C)(C)CNC(=O)N1CCC(CC(=O)O)C1. The van der Waals surface area contributed by atoms with Crippen LogP contribution >= 0.6 is 0 Å². The topological polar surface area (TPSA) is 72.9 Å². The highest BCUT2D eigenvalue weighted by Gasteiger charge is 2.28. The largest absolute Gasteiger partial charge is 0.481 e. The fourth-order valence-electron chi connectivity index (χ4n) is 2.77. The molecule has 0 bridgehead atoms. The number of carboxylic acids is 1. The summed E-state index contributed by atoms with van der Waals surface area (Å²) in [7, 11) is 4.03. The lowest BCUT2D eigenvalue weighted by Gasteiger charge is -2.29. The van der Waals surface area contributed by atoms with Crippen molar-refractivity contribution in [3.63, 3.8) is 0 Å². The Kier molecular flexibility index (Phi) is 5.80. The molecule has 1 atom stereocenters. The van der Waals surface area contributed by atoms with Crippen molar-refractivity contribution in [2.45, 2.75) is 26.7 Å². The maximum absolute atomic E-state index is 12.1. The smallest absolute Gasteiger partial charge is 0.317 e. The molecule has 6 nitrogen and oxygen atoms in total. The lowest BCUT2D eigenvalue weighted by Crippen LogP contribution is -2.45. The van der Waals surface area contributed by atoms with E-state index in [0.29, 0.717) is 19.6 Å². The molecule has 2 N–H and O–H groups in total. The number of urea groups is 1. The third-order valence-electron chi connectivity index (χ3n) is 3.50. The normalized spacial score (nSPS) is 19.4. The van der Waals surface area contributed by atoms with E-state index >= 15 is 0 Å². The van der Waals surface area contributed by atoms with E-state index < -0.39 is 5.97 Å². The molecule has 0 aromatic rings. The Bertz CT molecular complexity index is 356. The van der Waals surface area contributed by atoms with E-state index in [2.05, 4.69) is 24.1 Å². The predicted octanol–water partition coefficient (Wildman–Crippen LogP) is 1.08. The van der Waals surface area contributed by atoms with Crippen molar-refractivity contribution in [2.24, 2.45) is 11.3 Å². The Labute approximate surface area is 121 Å². The molecule has 0 radical (unpaired) electrons. The van der Waals surface area contributed by atoms with E-state index in [9.17, 15) is 9.59 Å². The quantitative estimate of drug-likeness (QED) is 0.766. The zero-order valence-electron chi connectivity index (χ0n) is 13.0. The molecule has 1 rings (SSSR count). The number of hydrogen-bond acceptors (Lipinski definition) is 3. The summed E-state index contributed by atoms with van der Waals surface area (Å²) in [6, 6.07) is -0.0790. The molecular weight excluding hydrogens is 258 g/mol. The van der Waals surface area contributed by atoms with Gasteiger partial charge in [0, 0.05) is 32.6 Å². The summed E-state index contributed by atoms with van der Waals surface area (Å²) in [5, 5.41) is 11.7. The van der Waals surface area contributed by atoms with E-state index in [1.54, 1.807) is 4.90 Å². The van der Waals surface area contributed by atoms with Crippen LogP contribution in [0.2, 0.25) is 0 Å². The Morgan fingerprint density at radius 2 is 2.05 bits per heavy atom. The molecule has 0 aromatic heterocycles. The maximum Gasteiger partial charge on any atom is 0.317 e. The summed E-state index contributed by atoms with van der Waals surface area (Å²) in [4.78, 5) is 26.6. The number of aliphatic carboxylic acids is 1. The van der Waals surface area contributed by atoms with Gasteiger partial charge in [0.05, 0.1) is 0 Å². The molecule has 1 aliphatic heterocycles. The van der Waals surface area contributed by atoms with E-state index in [4.69, 9.17) is 5.11 Å². The van der Waals surface area contributed by atoms with Crippen molar-refractivity contribution in [3.05, 3.63) is 0 Å². The van der Waals surface area contributed by atoms with E-state index in [1.807, 2.05) is 14.1 Å². The third-order valence-corrected chi connectivity index (χ3v) is 3.50. The van der Waals surface area contributed by atoms with Crippen LogP contribution in [0.3, 0.4) is 0 Å². The van der Waals surface area contributed by atoms with Crippen LogP contribution in [0.4, 0.5) is 4.79 Å². The first-order valence-electron chi connectivity index (χ1n) is 7.09. The molecule has 0 aliphatic carbocycles. The average Bonchev–Trinajstić information content (AvgIpc) is 2.71. The molecule has 20 heavy (non-hydrogen) atoms. The van der Waals surface area contributed by atoms with Gasteiger partial charge in [-0.2, -0.15) is 0 Å². The minimum absolute atomic E-state index is 0.0132. The second kappa shape index (κ2) is 6.92. The summed E-state index contributed by atoms with van der Waals surface area (Å²) in [6.07, 6.45) is 0.927. The van der Waals surface area contributed by atoms with Crippen LogP contribution in [0.25, 0.3) is 0 Å². The van der Waals surface area contributed by atoms with E-state index in [1.165, 1.54) is 0 Å². The maximum atomic E-state index is 12.1. The highest BCUT2D eigenvalue weighted by atomic mass is 16.4. The number of carbonyl (C=O) groups is 2. The van der Waals surface area contributed by atoms with Crippen LogP contribution in [0.1, 0.15) is 26.7 Å². The summed E-state index contributed by atoms with van der Waals surface area (Å²) in [5.74, 6) is -0.697. The van der Waals surface area contributed by atoms with Gasteiger partial charge in [0.1, 0.15) is 0 Å². The van der Waals surface area contributed by atoms with Gasteiger partial charge in [0.2, 0.25) is 0 Å². The molecule has 116 valence electrons. The van der Waals surface area contributed by atoms with Crippen LogP contribution in [0, 0.1) is 11.3 Å². The molecular formula is C14H27N3O3. The fourth-order valence-corrected chi connectivity index (χ4v) is 2.77. The lowest BCUT2D eigenvalue weighted by molar-refractivity contribution is -0.138. The molecule has 0 aromatic carbocycles. The highest BCUT2D eigenvalue weighted by molar-refractivity contribution is 5.74. The van der Waals surface area contributed by atoms with Gasteiger partial charge in [0.15, 0.2) is 0 Å². The second-order valence-electron chi connectivity index (χ2n) is 6.76. The molecule has 0 spiro atoms. The standard InChI is InChI=1S/C14H27N3O3/c1-14(2,10-16(3)4)9-15-13(20)17-6-5-11(8-17)7-12(18)19/h11H,5-10H2,1-4H3,(H,15,20)(H,18,19). The number of amides is 2. The Morgan fingerprint density at radius 1 is 1.40 bits per heavy atom. The Hall–Kier alpha value is -1.30. The molecule has 6 heteroatoms.